The summed E-state index contributed by atoms with van der Waals surface area (Å²) in [6, 6.07) is 9.78. The van der Waals surface area contributed by atoms with Gasteiger partial charge in [-0.3, -0.25) is 0 Å². The summed E-state index contributed by atoms with van der Waals surface area (Å²) in [6.07, 6.45) is 0. The molecule has 0 saturated carbocycles. The highest BCUT2D eigenvalue weighted by molar-refractivity contribution is 6.31. The molecular weight excluding hydrogens is 291 g/mol. The lowest BCUT2D eigenvalue weighted by molar-refractivity contribution is 0.305. The van der Waals surface area contributed by atoms with Crippen LogP contribution >= 0.6 is 11.6 Å². The first-order valence-electron chi connectivity index (χ1n) is 6.37. The summed E-state index contributed by atoms with van der Waals surface area (Å²) in [5.41, 5.74) is 2.31. The van der Waals surface area contributed by atoms with Crippen LogP contribution < -0.4 is 4.74 Å². The van der Waals surface area contributed by atoms with Crippen LogP contribution in [0.2, 0.25) is 5.02 Å². The zero-order valence-electron chi connectivity index (χ0n) is 11.5. The molecule has 1 N–H and O–H groups in total. The van der Waals surface area contributed by atoms with Crippen LogP contribution in [0.25, 0.3) is 0 Å². The standard InChI is InChI=1S/C17H14ClFO2/c1-12-4-5-14(16(18)9-12)11-21-17-7-6-15(19)10-13(17)3-2-8-20/h4-7,9-10,20H,8,11H2,1H3. The van der Waals surface area contributed by atoms with Gasteiger partial charge in [-0.2, -0.15) is 0 Å². The molecule has 4 heteroatoms. The van der Waals surface area contributed by atoms with Gasteiger partial charge in [-0.1, -0.05) is 35.6 Å². The third-order valence-electron chi connectivity index (χ3n) is 2.84. The van der Waals surface area contributed by atoms with Gasteiger partial charge in [0.25, 0.3) is 0 Å². The van der Waals surface area contributed by atoms with E-state index in [-0.39, 0.29) is 13.2 Å². The number of aliphatic hydroxyl groups excluding tert-OH is 1. The number of rotatable bonds is 3. The molecule has 21 heavy (non-hydrogen) atoms. The minimum Gasteiger partial charge on any atom is -0.488 e. The van der Waals surface area contributed by atoms with Gasteiger partial charge in [-0.15, -0.1) is 0 Å². The molecule has 2 rings (SSSR count). The van der Waals surface area contributed by atoms with E-state index in [1.54, 1.807) is 0 Å². The zero-order chi connectivity index (χ0) is 15.2. The van der Waals surface area contributed by atoms with E-state index >= 15 is 0 Å². The second-order valence-corrected chi connectivity index (χ2v) is 4.89. The first-order chi connectivity index (χ1) is 10.1. The Labute approximate surface area is 128 Å². The lowest BCUT2D eigenvalue weighted by Gasteiger charge is -2.10. The van der Waals surface area contributed by atoms with Crippen molar-refractivity contribution in [2.75, 3.05) is 6.61 Å². The Morgan fingerprint density at radius 2 is 2.05 bits per heavy atom. The highest BCUT2D eigenvalue weighted by atomic mass is 35.5. The van der Waals surface area contributed by atoms with Gasteiger partial charge in [0.05, 0.1) is 5.56 Å². The highest BCUT2D eigenvalue weighted by Gasteiger charge is 2.06. The van der Waals surface area contributed by atoms with Crippen molar-refractivity contribution in [2.45, 2.75) is 13.5 Å². The van der Waals surface area contributed by atoms with Crippen LogP contribution in [-0.2, 0) is 6.61 Å². The Morgan fingerprint density at radius 3 is 2.76 bits per heavy atom. The molecular formula is C17H14ClFO2. The van der Waals surface area contributed by atoms with Crippen LogP contribution in [-0.4, -0.2) is 11.7 Å². The lowest BCUT2D eigenvalue weighted by atomic mass is 10.1. The van der Waals surface area contributed by atoms with Crippen molar-refractivity contribution in [3.8, 4) is 17.6 Å². The fraction of sp³-hybridized carbons (Fsp3) is 0.176. The van der Waals surface area contributed by atoms with Gasteiger partial charge < -0.3 is 9.84 Å². The molecule has 0 unspecified atom stereocenters. The molecule has 2 nitrogen and oxygen atoms in total. The van der Waals surface area contributed by atoms with Crippen LogP contribution in [0.1, 0.15) is 16.7 Å². The molecule has 0 saturated heterocycles. The Kier molecular flexibility index (Phi) is 5.21. The van der Waals surface area contributed by atoms with Crippen molar-refractivity contribution in [1.82, 2.24) is 0 Å². The first-order valence-corrected chi connectivity index (χ1v) is 6.75. The third-order valence-corrected chi connectivity index (χ3v) is 3.19. The van der Waals surface area contributed by atoms with Crippen LogP contribution in [0.3, 0.4) is 0 Å². The van der Waals surface area contributed by atoms with E-state index in [4.69, 9.17) is 21.4 Å². The number of aryl methyl sites for hydroxylation is 1. The van der Waals surface area contributed by atoms with Crippen LogP contribution in [0.5, 0.6) is 5.75 Å². The summed E-state index contributed by atoms with van der Waals surface area (Å²) in [7, 11) is 0. The second kappa shape index (κ2) is 7.12. The molecule has 0 fully saturated rings. The molecule has 2 aromatic carbocycles. The van der Waals surface area contributed by atoms with E-state index < -0.39 is 5.82 Å². The van der Waals surface area contributed by atoms with Gasteiger partial charge in [-0.05, 0) is 36.8 Å². The Hall–Kier alpha value is -2.02. The maximum Gasteiger partial charge on any atom is 0.135 e. The van der Waals surface area contributed by atoms with Crippen LogP contribution in [0.4, 0.5) is 4.39 Å². The molecule has 108 valence electrons. The van der Waals surface area contributed by atoms with E-state index in [0.29, 0.717) is 16.3 Å². The van der Waals surface area contributed by atoms with E-state index in [0.717, 1.165) is 11.1 Å². The summed E-state index contributed by atoms with van der Waals surface area (Å²) in [4.78, 5) is 0. The van der Waals surface area contributed by atoms with Crippen molar-refractivity contribution in [3.63, 3.8) is 0 Å². The molecule has 0 amide bonds. The van der Waals surface area contributed by atoms with E-state index in [2.05, 4.69) is 11.8 Å². The van der Waals surface area contributed by atoms with E-state index in [1.807, 2.05) is 25.1 Å². The van der Waals surface area contributed by atoms with Crippen LogP contribution in [0.15, 0.2) is 36.4 Å². The van der Waals surface area contributed by atoms with Crippen LogP contribution in [0, 0.1) is 24.6 Å². The molecule has 0 radical (unpaired) electrons. The minimum absolute atomic E-state index is 0.262. The monoisotopic (exact) mass is 304 g/mol. The molecule has 0 aliphatic carbocycles. The fourth-order valence-corrected chi connectivity index (χ4v) is 2.08. The molecule has 0 heterocycles. The molecule has 2 aromatic rings. The average molecular weight is 305 g/mol. The van der Waals surface area contributed by atoms with E-state index in [9.17, 15) is 4.39 Å². The van der Waals surface area contributed by atoms with Crippen molar-refractivity contribution in [3.05, 3.63) is 63.9 Å². The van der Waals surface area contributed by atoms with Crippen molar-refractivity contribution < 1.29 is 14.2 Å². The van der Waals surface area contributed by atoms with E-state index in [1.165, 1.54) is 18.2 Å². The third kappa shape index (κ3) is 4.22. The van der Waals surface area contributed by atoms with Gasteiger partial charge in [-0.25, -0.2) is 4.39 Å². The van der Waals surface area contributed by atoms with Gasteiger partial charge in [0.1, 0.15) is 24.8 Å². The number of hydrogen-bond donors (Lipinski definition) is 1. The second-order valence-electron chi connectivity index (χ2n) is 4.48. The Balaban J connectivity index is 2.19. The number of halogens is 2. The highest BCUT2D eigenvalue weighted by Crippen LogP contribution is 2.23. The summed E-state index contributed by atoms with van der Waals surface area (Å²) >= 11 is 6.14. The minimum atomic E-state index is -0.405. The number of hydrogen-bond acceptors (Lipinski definition) is 2. The topological polar surface area (TPSA) is 29.5 Å². The average Bonchev–Trinajstić information content (AvgIpc) is 2.45. The number of aliphatic hydroxyl groups is 1. The smallest absolute Gasteiger partial charge is 0.135 e. The predicted octanol–water partition coefficient (Wildman–Crippen LogP) is 3.71. The molecule has 0 aromatic heterocycles. The fourth-order valence-electron chi connectivity index (χ4n) is 1.79. The Bertz CT molecular complexity index is 702. The SMILES string of the molecule is Cc1ccc(COc2ccc(F)cc2C#CCO)c(Cl)c1. The van der Waals surface area contributed by atoms with Gasteiger partial charge >= 0.3 is 0 Å². The molecule has 0 spiro atoms. The maximum absolute atomic E-state index is 13.2. The summed E-state index contributed by atoms with van der Waals surface area (Å²) in [6.45, 7) is 1.93. The van der Waals surface area contributed by atoms with Gasteiger partial charge in [0.15, 0.2) is 0 Å². The summed E-state index contributed by atoms with van der Waals surface area (Å²) in [5, 5.41) is 9.36. The number of ether oxygens (including phenoxy) is 1. The van der Waals surface area contributed by atoms with Gasteiger partial charge in [0.2, 0.25) is 0 Å². The molecule has 0 atom stereocenters. The van der Waals surface area contributed by atoms with Crippen molar-refractivity contribution in [1.29, 1.82) is 0 Å². The number of benzene rings is 2. The molecule has 0 aliphatic rings. The molecule has 0 bridgehead atoms. The quantitative estimate of drug-likeness (QED) is 0.876. The zero-order valence-corrected chi connectivity index (χ0v) is 12.2. The largest absolute Gasteiger partial charge is 0.488 e. The predicted molar refractivity (Wildman–Crippen MR) is 80.9 cm³/mol. The Morgan fingerprint density at radius 1 is 1.24 bits per heavy atom. The first kappa shape index (κ1) is 15.4. The summed E-state index contributed by atoms with van der Waals surface area (Å²) in [5.74, 6) is 5.20. The lowest BCUT2D eigenvalue weighted by Crippen LogP contribution is -1.99. The van der Waals surface area contributed by atoms with Gasteiger partial charge in [0, 0.05) is 10.6 Å². The maximum atomic E-state index is 13.2. The molecule has 0 aliphatic heterocycles. The summed E-state index contributed by atoms with van der Waals surface area (Å²) < 4.78 is 18.9. The van der Waals surface area contributed by atoms with Crippen molar-refractivity contribution in [2.24, 2.45) is 0 Å². The van der Waals surface area contributed by atoms with Crippen molar-refractivity contribution >= 4 is 11.6 Å². The normalized spacial score (nSPS) is 9.90.